The highest BCUT2D eigenvalue weighted by atomic mass is 35.5. The van der Waals surface area contributed by atoms with Crippen LogP contribution in [0.2, 0.25) is 5.02 Å². The van der Waals surface area contributed by atoms with E-state index in [-0.39, 0.29) is 10.9 Å². The molecule has 0 bridgehead atoms. The summed E-state index contributed by atoms with van der Waals surface area (Å²) in [5.41, 5.74) is 0. The van der Waals surface area contributed by atoms with E-state index in [1.807, 2.05) is 13.8 Å². The van der Waals surface area contributed by atoms with Crippen LogP contribution < -0.4 is 5.32 Å². The monoisotopic (exact) mass is 331 g/mol. The summed E-state index contributed by atoms with van der Waals surface area (Å²) < 4.78 is 27.1. The molecule has 0 spiro atoms. The van der Waals surface area contributed by atoms with Gasteiger partial charge in [0.05, 0.1) is 5.02 Å². The van der Waals surface area contributed by atoms with Gasteiger partial charge in [-0.05, 0) is 25.8 Å². The first-order chi connectivity index (χ1) is 10.0. The predicted octanol–water partition coefficient (Wildman–Crippen LogP) is 3.12. The number of hydrogen-bond acceptors (Lipinski definition) is 4. The zero-order valence-electron chi connectivity index (χ0n) is 12.5. The van der Waals surface area contributed by atoms with Crippen molar-refractivity contribution in [3.05, 3.63) is 17.3 Å². The lowest BCUT2D eigenvalue weighted by Crippen LogP contribution is -2.38. The number of aromatic nitrogens is 1. The summed E-state index contributed by atoms with van der Waals surface area (Å²) in [6.45, 7) is 4.96. The molecule has 118 valence electrons. The van der Waals surface area contributed by atoms with E-state index in [2.05, 4.69) is 10.3 Å². The van der Waals surface area contributed by atoms with Crippen LogP contribution in [0.25, 0.3) is 0 Å². The summed E-state index contributed by atoms with van der Waals surface area (Å²) in [4.78, 5) is 4.30. The van der Waals surface area contributed by atoms with E-state index in [1.54, 1.807) is 4.31 Å². The minimum absolute atomic E-state index is 0.104. The molecule has 1 saturated carbocycles. The van der Waals surface area contributed by atoms with E-state index in [0.717, 1.165) is 25.7 Å². The van der Waals surface area contributed by atoms with E-state index in [0.29, 0.717) is 23.9 Å². The van der Waals surface area contributed by atoms with Gasteiger partial charge in [-0.2, -0.15) is 4.31 Å². The Morgan fingerprint density at radius 2 is 2.05 bits per heavy atom. The Hall–Kier alpha value is -0.850. The van der Waals surface area contributed by atoms with Crippen molar-refractivity contribution in [3.8, 4) is 0 Å². The van der Waals surface area contributed by atoms with E-state index < -0.39 is 10.0 Å². The Labute approximate surface area is 131 Å². The summed E-state index contributed by atoms with van der Waals surface area (Å²) in [5.74, 6) is 0.516. The maximum atomic E-state index is 12.8. The number of nitrogens with zero attached hydrogens (tertiary/aromatic N) is 2. The molecule has 1 aliphatic rings. The zero-order valence-corrected chi connectivity index (χ0v) is 14.0. The third-order valence-corrected chi connectivity index (χ3v) is 6.09. The fraction of sp³-hybridized carbons (Fsp3) is 0.643. The Kier molecular flexibility index (Phi) is 5.46. The highest BCUT2D eigenvalue weighted by Crippen LogP contribution is 2.30. The molecule has 1 N–H and O–H groups in total. The second-order valence-electron chi connectivity index (χ2n) is 5.18. The van der Waals surface area contributed by atoms with Crippen molar-refractivity contribution in [1.29, 1.82) is 0 Å². The molecule has 0 radical (unpaired) electrons. The van der Waals surface area contributed by atoms with Crippen LogP contribution in [-0.2, 0) is 10.0 Å². The molecule has 0 aromatic carbocycles. The number of pyridine rings is 1. The van der Waals surface area contributed by atoms with Crippen LogP contribution in [0.4, 0.5) is 5.82 Å². The number of rotatable bonds is 6. The molecule has 7 heteroatoms. The second-order valence-corrected chi connectivity index (χ2v) is 7.48. The average Bonchev–Trinajstić information content (AvgIpc) is 2.95. The van der Waals surface area contributed by atoms with Gasteiger partial charge in [-0.1, -0.05) is 31.4 Å². The Morgan fingerprint density at radius 3 is 2.57 bits per heavy atom. The van der Waals surface area contributed by atoms with Crippen molar-refractivity contribution in [3.63, 3.8) is 0 Å². The van der Waals surface area contributed by atoms with Crippen LogP contribution in [0.5, 0.6) is 0 Å². The van der Waals surface area contributed by atoms with Crippen LogP contribution in [0, 0.1) is 0 Å². The van der Waals surface area contributed by atoms with Crippen molar-refractivity contribution in [2.45, 2.75) is 50.5 Å². The van der Waals surface area contributed by atoms with Crippen LogP contribution in [0.1, 0.15) is 39.5 Å². The summed E-state index contributed by atoms with van der Waals surface area (Å²) >= 11 is 6.11. The molecule has 0 saturated heterocycles. The Balaban J connectivity index is 2.31. The number of nitrogens with one attached hydrogen (secondary N) is 1. The smallest absolute Gasteiger partial charge is 0.244 e. The summed E-state index contributed by atoms with van der Waals surface area (Å²) in [7, 11) is -3.53. The fourth-order valence-corrected chi connectivity index (χ4v) is 4.78. The molecule has 5 nitrogen and oxygen atoms in total. The van der Waals surface area contributed by atoms with Crippen molar-refractivity contribution < 1.29 is 8.42 Å². The van der Waals surface area contributed by atoms with E-state index in [1.165, 1.54) is 12.3 Å². The molecule has 0 unspecified atom stereocenters. The number of halogens is 1. The SMILES string of the molecule is CCNc1ncc(S(=O)(=O)N(CC)C2CCCC2)cc1Cl. The molecule has 0 atom stereocenters. The molecule has 2 rings (SSSR count). The van der Waals surface area contributed by atoms with E-state index in [4.69, 9.17) is 11.6 Å². The van der Waals surface area contributed by atoms with Gasteiger partial charge in [-0.25, -0.2) is 13.4 Å². The van der Waals surface area contributed by atoms with Gasteiger partial charge in [0.1, 0.15) is 10.7 Å². The summed E-state index contributed by atoms with van der Waals surface area (Å²) in [5, 5.41) is 3.33. The first-order valence-corrected chi connectivity index (χ1v) is 9.23. The van der Waals surface area contributed by atoms with Gasteiger partial charge in [0.25, 0.3) is 0 Å². The van der Waals surface area contributed by atoms with Crippen molar-refractivity contribution in [2.75, 3.05) is 18.4 Å². The first kappa shape index (κ1) is 16.5. The molecule has 1 aliphatic carbocycles. The van der Waals surface area contributed by atoms with Gasteiger partial charge in [-0.15, -0.1) is 0 Å². The quantitative estimate of drug-likeness (QED) is 0.870. The van der Waals surface area contributed by atoms with Crippen LogP contribution in [0.3, 0.4) is 0 Å². The van der Waals surface area contributed by atoms with Crippen LogP contribution >= 0.6 is 11.6 Å². The number of hydrogen-bond donors (Lipinski definition) is 1. The largest absolute Gasteiger partial charge is 0.369 e. The van der Waals surface area contributed by atoms with Crippen molar-refractivity contribution in [2.24, 2.45) is 0 Å². The topological polar surface area (TPSA) is 62.3 Å². The Morgan fingerprint density at radius 1 is 1.38 bits per heavy atom. The fourth-order valence-electron chi connectivity index (χ4n) is 2.81. The second kappa shape index (κ2) is 6.94. The van der Waals surface area contributed by atoms with Crippen molar-refractivity contribution >= 4 is 27.4 Å². The lowest BCUT2D eigenvalue weighted by molar-refractivity contribution is 0.335. The van der Waals surface area contributed by atoms with E-state index >= 15 is 0 Å². The highest BCUT2D eigenvalue weighted by molar-refractivity contribution is 7.89. The number of sulfonamides is 1. The first-order valence-electron chi connectivity index (χ1n) is 7.42. The maximum absolute atomic E-state index is 12.8. The van der Waals surface area contributed by atoms with Gasteiger partial charge >= 0.3 is 0 Å². The molecular weight excluding hydrogens is 310 g/mol. The van der Waals surface area contributed by atoms with Gasteiger partial charge in [0.2, 0.25) is 10.0 Å². The minimum Gasteiger partial charge on any atom is -0.369 e. The molecule has 1 aromatic heterocycles. The number of anilines is 1. The zero-order chi connectivity index (χ0) is 15.5. The lowest BCUT2D eigenvalue weighted by atomic mass is 10.2. The van der Waals surface area contributed by atoms with Crippen molar-refractivity contribution in [1.82, 2.24) is 9.29 Å². The third kappa shape index (κ3) is 3.49. The molecule has 0 amide bonds. The van der Waals surface area contributed by atoms with Gasteiger partial charge in [-0.3, -0.25) is 0 Å². The minimum atomic E-state index is -3.53. The average molecular weight is 332 g/mol. The molecule has 1 aromatic rings. The van der Waals surface area contributed by atoms with Crippen LogP contribution in [-0.4, -0.2) is 36.8 Å². The summed E-state index contributed by atoms with van der Waals surface area (Å²) in [6.07, 6.45) is 5.44. The molecule has 21 heavy (non-hydrogen) atoms. The summed E-state index contributed by atoms with van der Waals surface area (Å²) in [6, 6.07) is 1.59. The van der Waals surface area contributed by atoms with Crippen LogP contribution in [0.15, 0.2) is 17.2 Å². The maximum Gasteiger partial charge on any atom is 0.244 e. The Bertz CT molecular complexity index is 586. The lowest BCUT2D eigenvalue weighted by Gasteiger charge is -2.26. The molecule has 1 fully saturated rings. The highest BCUT2D eigenvalue weighted by Gasteiger charge is 2.32. The van der Waals surface area contributed by atoms with Gasteiger partial charge in [0, 0.05) is 25.3 Å². The molecular formula is C14H22ClN3O2S. The van der Waals surface area contributed by atoms with Gasteiger partial charge in [0.15, 0.2) is 0 Å². The predicted molar refractivity (Wildman–Crippen MR) is 85.2 cm³/mol. The van der Waals surface area contributed by atoms with Gasteiger partial charge < -0.3 is 5.32 Å². The molecule has 1 heterocycles. The molecule has 0 aliphatic heterocycles. The van der Waals surface area contributed by atoms with E-state index in [9.17, 15) is 8.42 Å². The normalized spacial score (nSPS) is 16.6. The standard InChI is InChI=1S/C14H22ClN3O2S/c1-3-16-14-13(15)9-12(10-17-14)21(19,20)18(4-2)11-7-5-6-8-11/h9-11H,3-8H2,1-2H3,(H,16,17). The third-order valence-electron chi connectivity index (χ3n) is 3.81.